The van der Waals surface area contributed by atoms with Crippen molar-refractivity contribution in [2.75, 3.05) is 0 Å². The fourth-order valence-electron chi connectivity index (χ4n) is 3.59. The quantitative estimate of drug-likeness (QED) is 0.609. The van der Waals surface area contributed by atoms with Crippen LogP contribution in [0.1, 0.15) is 36.6 Å². The zero-order valence-corrected chi connectivity index (χ0v) is 15.3. The molecule has 0 bridgehead atoms. The first-order valence-corrected chi connectivity index (χ1v) is 9.43. The minimum Gasteiger partial charge on any atom is -0.347 e. The fraction of sp³-hybridized carbons (Fsp3) is 0.421. The number of hydrogen-bond acceptors (Lipinski definition) is 5. The van der Waals surface area contributed by atoms with Crippen LogP contribution in [-0.4, -0.2) is 38.9 Å². The summed E-state index contributed by atoms with van der Waals surface area (Å²) in [7, 11) is 0. The van der Waals surface area contributed by atoms with Gasteiger partial charge in [0.25, 0.3) is 5.91 Å². The largest absolute Gasteiger partial charge is 0.347 e. The van der Waals surface area contributed by atoms with Crippen LogP contribution >= 0.6 is 0 Å². The molecule has 0 radical (unpaired) electrons. The summed E-state index contributed by atoms with van der Waals surface area (Å²) in [5.41, 5.74) is 1.65. The molecule has 1 saturated heterocycles. The Bertz CT molecular complexity index is 877. The summed E-state index contributed by atoms with van der Waals surface area (Å²) in [6.45, 7) is 0.0479. The third-order valence-electron chi connectivity index (χ3n) is 5.26. The predicted octanol–water partition coefficient (Wildman–Crippen LogP) is 0.686. The average molecular weight is 382 g/mol. The van der Waals surface area contributed by atoms with E-state index in [-0.39, 0.29) is 30.8 Å². The smallest absolute Gasteiger partial charge is 0.322 e. The van der Waals surface area contributed by atoms with Crippen LogP contribution in [0.2, 0.25) is 0 Å². The first-order valence-electron chi connectivity index (χ1n) is 9.43. The Morgan fingerprint density at radius 3 is 2.68 bits per heavy atom. The van der Waals surface area contributed by atoms with Gasteiger partial charge >= 0.3 is 6.03 Å². The van der Waals surface area contributed by atoms with Crippen LogP contribution < -0.4 is 16.0 Å². The summed E-state index contributed by atoms with van der Waals surface area (Å²) in [5.74, 6) is -0.0604. The minimum atomic E-state index is -0.660. The molecule has 0 unspecified atom stereocenters. The number of rotatable bonds is 7. The maximum absolute atomic E-state index is 12.6. The van der Waals surface area contributed by atoms with Crippen LogP contribution in [0.4, 0.5) is 4.79 Å². The molecule has 2 heterocycles. The Kier molecular flexibility index (Phi) is 5.05. The summed E-state index contributed by atoms with van der Waals surface area (Å²) < 4.78 is 1.45. The highest BCUT2D eigenvalue weighted by Gasteiger charge is 2.31. The molecule has 146 valence electrons. The van der Waals surface area contributed by atoms with Gasteiger partial charge in [0.05, 0.1) is 11.7 Å². The second kappa shape index (κ2) is 7.79. The van der Waals surface area contributed by atoms with Gasteiger partial charge in [-0.15, -0.1) is 5.10 Å². The maximum atomic E-state index is 12.6. The van der Waals surface area contributed by atoms with E-state index in [1.807, 2.05) is 30.3 Å². The van der Waals surface area contributed by atoms with Gasteiger partial charge in [-0.1, -0.05) is 42.0 Å². The van der Waals surface area contributed by atoms with E-state index >= 15 is 0 Å². The lowest BCUT2D eigenvalue weighted by atomic mass is 9.77. The second-order valence-electron chi connectivity index (χ2n) is 7.27. The Morgan fingerprint density at radius 1 is 1.25 bits per heavy atom. The number of benzene rings is 1. The number of urea groups is 1. The molecule has 1 saturated carbocycles. The van der Waals surface area contributed by atoms with Crippen LogP contribution in [-0.2, 0) is 22.6 Å². The molecule has 28 heavy (non-hydrogen) atoms. The van der Waals surface area contributed by atoms with Crippen LogP contribution in [0.25, 0.3) is 0 Å². The van der Waals surface area contributed by atoms with Gasteiger partial charge < -0.3 is 10.6 Å². The zero-order valence-electron chi connectivity index (χ0n) is 15.3. The molecule has 0 spiro atoms. The monoisotopic (exact) mass is 382 g/mol. The predicted molar refractivity (Wildman–Crippen MR) is 98.9 cm³/mol. The molecule has 9 nitrogen and oxygen atoms in total. The SMILES string of the molecule is O=C(Cn1cc(C[C@@H]2NC(=O)NC2=O)nn1)N[C@H](c1ccccc1)C1CCC1. The van der Waals surface area contributed by atoms with Crippen molar-refractivity contribution in [1.82, 2.24) is 30.9 Å². The molecule has 2 aliphatic rings. The number of nitrogens with zero attached hydrogens (tertiary/aromatic N) is 3. The highest BCUT2D eigenvalue weighted by molar-refractivity contribution is 6.04. The number of aromatic nitrogens is 3. The van der Waals surface area contributed by atoms with Crippen LogP contribution in [0, 0.1) is 5.92 Å². The molecule has 1 aliphatic carbocycles. The van der Waals surface area contributed by atoms with E-state index in [9.17, 15) is 14.4 Å². The van der Waals surface area contributed by atoms with Crippen molar-refractivity contribution in [1.29, 1.82) is 0 Å². The lowest BCUT2D eigenvalue weighted by molar-refractivity contribution is -0.123. The van der Waals surface area contributed by atoms with Crippen LogP contribution in [0.3, 0.4) is 0 Å². The molecule has 2 aromatic rings. The first kappa shape index (κ1) is 18.1. The van der Waals surface area contributed by atoms with Gasteiger partial charge in [0.1, 0.15) is 12.6 Å². The van der Waals surface area contributed by atoms with E-state index in [4.69, 9.17) is 0 Å². The highest BCUT2D eigenvalue weighted by atomic mass is 16.2. The Morgan fingerprint density at radius 2 is 2.04 bits per heavy atom. The molecule has 1 aromatic heterocycles. The normalized spacial score (nSPS) is 20.2. The first-order chi connectivity index (χ1) is 13.6. The molecule has 4 rings (SSSR count). The molecule has 1 aliphatic heterocycles. The highest BCUT2D eigenvalue weighted by Crippen LogP contribution is 2.37. The van der Waals surface area contributed by atoms with Crippen molar-refractivity contribution < 1.29 is 14.4 Å². The summed E-state index contributed by atoms with van der Waals surface area (Å²) in [6, 6.07) is 8.84. The van der Waals surface area contributed by atoms with Gasteiger partial charge in [0, 0.05) is 12.6 Å². The molecular formula is C19H22N6O3. The van der Waals surface area contributed by atoms with Crippen molar-refractivity contribution in [3.05, 3.63) is 47.8 Å². The van der Waals surface area contributed by atoms with E-state index in [1.54, 1.807) is 6.20 Å². The van der Waals surface area contributed by atoms with Gasteiger partial charge in [-0.25, -0.2) is 9.48 Å². The van der Waals surface area contributed by atoms with Gasteiger partial charge in [-0.3, -0.25) is 14.9 Å². The van der Waals surface area contributed by atoms with Gasteiger partial charge in [-0.2, -0.15) is 0 Å². The number of imide groups is 1. The Hall–Kier alpha value is -3.23. The van der Waals surface area contributed by atoms with Crippen molar-refractivity contribution >= 4 is 17.8 Å². The number of nitrogens with one attached hydrogen (secondary N) is 3. The van der Waals surface area contributed by atoms with E-state index in [0.717, 1.165) is 18.4 Å². The number of carbonyl (C=O) groups is 3. The van der Waals surface area contributed by atoms with Crippen molar-refractivity contribution in [3.8, 4) is 0 Å². The third kappa shape index (κ3) is 4.03. The van der Waals surface area contributed by atoms with Gasteiger partial charge in [0.15, 0.2) is 0 Å². The topological polar surface area (TPSA) is 118 Å². The van der Waals surface area contributed by atoms with Gasteiger partial charge in [-0.05, 0) is 24.3 Å². The molecule has 1 aromatic carbocycles. The number of amides is 4. The van der Waals surface area contributed by atoms with Gasteiger partial charge in [0.2, 0.25) is 5.91 Å². The molecular weight excluding hydrogens is 360 g/mol. The van der Waals surface area contributed by atoms with E-state index < -0.39 is 12.1 Å². The lowest BCUT2D eigenvalue weighted by Gasteiger charge is -2.34. The molecule has 4 amide bonds. The zero-order chi connectivity index (χ0) is 19.5. The summed E-state index contributed by atoms with van der Waals surface area (Å²) >= 11 is 0. The third-order valence-corrected chi connectivity index (χ3v) is 5.26. The second-order valence-corrected chi connectivity index (χ2v) is 7.27. The average Bonchev–Trinajstić information content (AvgIpc) is 3.19. The van der Waals surface area contributed by atoms with Crippen molar-refractivity contribution in [2.24, 2.45) is 5.92 Å². The number of hydrogen-bond donors (Lipinski definition) is 3. The van der Waals surface area contributed by atoms with E-state index in [1.165, 1.54) is 11.1 Å². The molecule has 2 fully saturated rings. The summed E-state index contributed by atoms with van der Waals surface area (Å²) in [5, 5.41) is 15.8. The van der Waals surface area contributed by atoms with Crippen LogP contribution in [0.5, 0.6) is 0 Å². The van der Waals surface area contributed by atoms with Crippen molar-refractivity contribution in [3.63, 3.8) is 0 Å². The summed E-state index contributed by atoms with van der Waals surface area (Å²) in [6.07, 6.45) is 5.28. The molecule has 2 atom stereocenters. The minimum absolute atomic E-state index is 0.00263. The van der Waals surface area contributed by atoms with Crippen LogP contribution in [0.15, 0.2) is 36.5 Å². The van der Waals surface area contributed by atoms with E-state index in [2.05, 4.69) is 26.3 Å². The molecule has 3 N–H and O–H groups in total. The lowest BCUT2D eigenvalue weighted by Crippen LogP contribution is -2.38. The van der Waals surface area contributed by atoms with E-state index in [0.29, 0.717) is 11.6 Å². The fourth-order valence-corrected chi connectivity index (χ4v) is 3.59. The standard InChI is InChI=1S/C19H22N6O3/c26-16(21-17(13-7-4-8-13)12-5-2-1-3-6-12)11-25-10-14(23-24-25)9-15-18(27)22-19(28)20-15/h1-3,5-6,10,13,15,17H,4,7-9,11H2,(H,21,26)(H2,20,22,27,28)/t15-,17+/m0/s1. The summed E-state index contributed by atoms with van der Waals surface area (Å²) in [4.78, 5) is 35.4. The Labute approximate surface area is 161 Å². The Balaban J connectivity index is 1.36. The molecule has 9 heteroatoms. The maximum Gasteiger partial charge on any atom is 0.322 e. The van der Waals surface area contributed by atoms with Crippen molar-refractivity contribution in [2.45, 2.75) is 44.3 Å². The number of carbonyl (C=O) groups excluding carboxylic acids is 3.